The lowest BCUT2D eigenvalue weighted by atomic mass is 10.3. The Hall–Kier alpha value is -1.55. The van der Waals surface area contributed by atoms with E-state index < -0.39 is 0 Å². The lowest BCUT2D eigenvalue weighted by Crippen LogP contribution is -2.34. The van der Waals surface area contributed by atoms with Crippen molar-refractivity contribution in [3.05, 3.63) is 24.3 Å². The zero-order valence-electron chi connectivity index (χ0n) is 11.3. The van der Waals surface area contributed by atoms with Crippen molar-refractivity contribution in [2.45, 2.75) is 26.8 Å². The maximum atomic E-state index is 5.65. The Kier molecular flexibility index (Phi) is 4.20. The van der Waals surface area contributed by atoms with Crippen LogP contribution >= 0.6 is 0 Å². The van der Waals surface area contributed by atoms with Crippen LogP contribution in [0.25, 0.3) is 11.1 Å². The molecule has 1 atom stereocenters. The number of hydrogen-bond donors (Lipinski definition) is 1. The average Bonchev–Trinajstić information content (AvgIpc) is 2.77. The van der Waals surface area contributed by atoms with Crippen LogP contribution in [0.3, 0.4) is 0 Å². The summed E-state index contributed by atoms with van der Waals surface area (Å²) in [5, 5.41) is 3.31. The molecule has 0 saturated carbocycles. The van der Waals surface area contributed by atoms with Crippen molar-refractivity contribution in [1.29, 1.82) is 0 Å². The van der Waals surface area contributed by atoms with E-state index in [2.05, 4.69) is 36.0 Å². The summed E-state index contributed by atoms with van der Waals surface area (Å²) in [5.74, 6) is 0. The van der Waals surface area contributed by atoms with E-state index in [0.29, 0.717) is 12.1 Å². The molecular weight excluding hydrogens is 226 g/mol. The van der Waals surface area contributed by atoms with E-state index in [1.807, 2.05) is 24.3 Å². The van der Waals surface area contributed by atoms with E-state index in [1.165, 1.54) is 0 Å². The summed E-state index contributed by atoms with van der Waals surface area (Å²) in [6.07, 6.45) is 0. The smallest absolute Gasteiger partial charge is 0.295 e. The number of oxazole rings is 1. The molecule has 0 saturated heterocycles. The third-order valence-corrected chi connectivity index (χ3v) is 3.09. The molecule has 98 valence electrons. The highest BCUT2D eigenvalue weighted by Gasteiger charge is 2.10. The van der Waals surface area contributed by atoms with Crippen LogP contribution in [0.4, 0.5) is 6.01 Å². The van der Waals surface area contributed by atoms with E-state index in [0.717, 1.165) is 30.7 Å². The number of nitrogens with zero attached hydrogens (tertiary/aromatic N) is 2. The Morgan fingerprint density at radius 2 is 2.00 bits per heavy atom. The molecule has 0 aliphatic heterocycles. The fourth-order valence-electron chi connectivity index (χ4n) is 2.06. The zero-order chi connectivity index (χ0) is 13.0. The van der Waals surface area contributed by atoms with Crippen LogP contribution in [-0.2, 0) is 0 Å². The maximum Gasteiger partial charge on any atom is 0.295 e. The maximum absolute atomic E-state index is 5.65. The molecule has 1 aromatic carbocycles. The number of rotatable bonds is 6. The molecule has 2 rings (SSSR count). The number of hydrogen-bond acceptors (Lipinski definition) is 4. The molecule has 18 heavy (non-hydrogen) atoms. The highest BCUT2D eigenvalue weighted by Crippen LogP contribution is 2.18. The van der Waals surface area contributed by atoms with Crippen LogP contribution in [0.1, 0.15) is 20.8 Å². The third kappa shape index (κ3) is 3.01. The number of benzene rings is 1. The normalized spacial score (nSPS) is 13.1. The van der Waals surface area contributed by atoms with Gasteiger partial charge in [-0.2, -0.15) is 4.98 Å². The monoisotopic (exact) mass is 247 g/mol. The zero-order valence-corrected chi connectivity index (χ0v) is 11.3. The van der Waals surface area contributed by atoms with E-state index in [1.54, 1.807) is 0 Å². The molecule has 1 aromatic heterocycles. The predicted octanol–water partition coefficient (Wildman–Crippen LogP) is 2.97. The third-order valence-electron chi connectivity index (χ3n) is 3.09. The number of aromatic nitrogens is 1. The number of nitrogens with one attached hydrogen (secondary N) is 1. The molecule has 0 fully saturated rings. The second-order valence-corrected chi connectivity index (χ2v) is 4.52. The van der Waals surface area contributed by atoms with Crippen LogP contribution in [0.5, 0.6) is 0 Å². The van der Waals surface area contributed by atoms with Crippen LogP contribution < -0.4 is 5.32 Å². The number of fused-ring (bicyclic) bond motifs is 1. The van der Waals surface area contributed by atoms with Crippen molar-refractivity contribution in [2.24, 2.45) is 0 Å². The Morgan fingerprint density at radius 3 is 2.67 bits per heavy atom. The summed E-state index contributed by atoms with van der Waals surface area (Å²) < 4.78 is 5.65. The van der Waals surface area contributed by atoms with Crippen molar-refractivity contribution in [2.75, 3.05) is 25.0 Å². The Bertz CT molecular complexity index is 457. The topological polar surface area (TPSA) is 41.3 Å². The molecule has 2 aromatic rings. The second-order valence-electron chi connectivity index (χ2n) is 4.52. The number of likely N-dealkylation sites (N-methyl/N-ethyl adjacent to an activating group) is 1. The summed E-state index contributed by atoms with van der Waals surface area (Å²) in [5.41, 5.74) is 1.73. The van der Waals surface area contributed by atoms with Gasteiger partial charge in [-0.3, -0.25) is 0 Å². The molecule has 4 nitrogen and oxygen atoms in total. The van der Waals surface area contributed by atoms with Crippen molar-refractivity contribution < 1.29 is 4.42 Å². The average molecular weight is 247 g/mol. The van der Waals surface area contributed by atoms with Gasteiger partial charge in [0.2, 0.25) is 0 Å². The summed E-state index contributed by atoms with van der Waals surface area (Å²) in [4.78, 5) is 6.79. The predicted molar refractivity (Wildman–Crippen MR) is 74.9 cm³/mol. The Labute approximate surface area is 108 Å². The van der Waals surface area contributed by atoms with Crippen molar-refractivity contribution in [3.8, 4) is 0 Å². The number of anilines is 1. The van der Waals surface area contributed by atoms with Gasteiger partial charge in [-0.05, 0) is 32.1 Å². The van der Waals surface area contributed by atoms with Crippen LogP contribution in [0.2, 0.25) is 0 Å². The molecule has 1 N–H and O–H groups in total. The van der Waals surface area contributed by atoms with E-state index in [-0.39, 0.29) is 0 Å². The molecule has 1 unspecified atom stereocenters. The van der Waals surface area contributed by atoms with E-state index in [4.69, 9.17) is 4.42 Å². The first kappa shape index (κ1) is 12.9. The standard InChI is InChI=1S/C14H21N3O/c1-4-17(5-2)10-11(3)15-14-16-12-8-6-7-9-13(12)18-14/h6-9,11H,4-5,10H2,1-3H3,(H,15,16). The highest BCUT2D eigenvalue weighted by molar-refractivity contribution is 5.74. The van der Waals surface area contributed by atoms with Gasteiger partial charge in [0.1, 0.15) is 5.52 Å². The summed E-state index contributed by atoms with van der Waals surface area (Å²) in [6.45, 7) is 9.62. The first-order chi connectivity index (χ1) is 8.72. The van der Waals surface area contributed by atoms with Crippen molar-refractivity contribution >= 4 is 17.1 Å². The van der Waals surface area contributed by atoms with Gasteiger partial charge < -0.3 is 14.6 Å². The molecule has 0 aliphatic rings. The van der Waals surface area contributed by atoms with Gasteiger partial charge in [0.05, 0.1) is 0 Å². The quantitative estimate of drug-likeness (QED) is 0.852. The first-order valence-electron chi connectivity index (χ1n) is 6.57. The highest BCUT2D eigenvalue weighted by atomic mass is 16.4. The SMILES string of the molecule is CCN(CC)CC(C)Nc1nc2ccccc2o1. The summed E-state index contributed by atoms with van der Waals surface area (Å²) in [7, 11) is 0. The first-order valence-corrected chi connectivity index (χ1v) is 6.57. The summed E-state index contributed by atoms with van der Waals surface area (Å²) in [6, 6.07) is 8.74. The van der Waals surface area contributed by atoms with Crippen LogP contribution in [0.15, 0.2) is 28.7 Å². The van der Waals surface area contributed by atoms with Gasteiger partial charge in [0.25, 0.3) is 6.01 Å². The van der Waals surface area contributed by atoms with Gasteiger partial charge in [-0.1, -0.05) is 26.0 Å². The van der Waals surface area contributed by atoms with Gasteiger partial charge >= 0.3 is 0 Å². The van der Waals surface area contributed by atoms with Crippen LogP contribution in [-0.4, -0.2) is 35.6 Å². The van der Waals surface area contributed by atoms with Crippen molar-refractivity contribution in [1.82, 2.24) is 9.88 Å². The fourth-order valence-corrected chi connectivity index (χ4v) is 2.06. The minimum Gasteiger partial charge on any atom is -0.424 e. The molecule has 1 heterocycles. The fraction of sp³-hybridized carbons (Fsp3) is 0.500. The van der Waals surface area contributed by atoms with Gasteiger partial charge in [-0.25, -0.2) is 0 Å². The summed E-state index contributed by atoms with van der Waals surface area (Å²) >= 11 is 0. The lowest BCUT2D eigenvalue weighted by Gasteiger charge is -2.22. The van der Waals surface area contributed by atoms with Crippen LogP contribution in [0, 0.1) is 0 Å². The van der Waals surface area contributed by atoms with Gasteiger partial charge in [0, 0.05) is 12.6 Å². The molecule has 4 heteroatoms. The molecule has 0 bridgehead atoms. The number of para-hydroxylation sites is 2. The van der Waals surface area contributed by atoms with Gasteiger partial charge in [0.15, 0.2) is 5.58 Å². The minimum atomic E-state index is 0.318. The second kappa shape index (κ2) is 5.87. The van der Waals surface area contributed by atoms with Gasteiger partial charge in [-0.15, -0.1) is 0 Å². The lowest BCUT2D eigenvalue weighted by molar-refractivity contribution is 0.293. The van der Waals surface area contributed by atoms with E-state index >= 15 is 0 Å². The van der Waals surface area contributed by atoms with Crippen molar-refractivity contribution in [3.63, 3.8) is 0 Å². The Balaban J connectivity index is 2.00. The minimum absolute atomic E-state index is 0.318. The largest absolute Gasteiger partial charge is 0.424 e. The molecular formula is C14H21N3O. The Morgan fingerprint density at radius 1 is 1.28 bits per heavy atom. The van der Waals surface area contributed by atoms with E-state index in [9.17, 15) is 0 Å². The molecule has 0 amide bonds. The molecule has 0 radical (unpaired) electrons. The molecule has 0 spiro atoms. The molecule has 0 aliphatic carbocycles.